The first-order valence-electron chi connectivity index (χ1n) is 31.6. The Morgan fingerprint density at radius 1 is 0.284 bits per heavy atom. The van der Waals surface area contributed by atoms with Crippen molar-refractivity contribution >= 4 is 17.9 Å². The fraction of sp³-hybridized carbons (Fsp3) is 0.750. The van der Waals surface area contributed by atoms with E-state index in [0.29, 0.717) is 19.3 Å². The lowest BCUT2D eigenvalue weighted by Gasteiger charge is -2.18. The van der Waals surface area contributed by atoms with E-state index in [1.807, 2.05) is 0 Å². The van der Waals surface area contributed by atoms with Gasteiger partial charge in [0.2, 0.25) is 0 Å². The summed E-state index contributed by atoms with van der Waals surface area (Å²) < 4.78 is 16.8. The van der Waals surface area contributed by atoms with Crippen LogP contribution < -0.4 is 0 Å². The highest BCUT2D eigenvalue weighted by Gasteiger charge is 2.19. The Kier molecular flexibility index (Phi) is 59.3. The second-order valence-corrected chi connectivity index (χ2v) is 20.9. The van der Waals surface area contributed by atoms with Crippen LogP contribution in [0.2, 0.25) is 0 Å². The molecule has 0 aliphatic heterocycles. The van der Waals surface area contributed by atoms with Crippen molar-refractivity contribution in [2.45, 2.75) is 316 Å². The van der Waals surface area contributed by atoms with Crippen LogP contribution in [0.1, 0.15) is 310 Å². The number of esters is 3. The maximum absolute atomic E-state index is 12.8. The van der Waals surface area contributed by atoms with Crippen molar-refractivity contribution in [3.63, 3.8) is 0 Å². The molecule has 0 spiro atoms. The van der Waals surface area contributed by atoms with Gasteiger partial charge >= 0.3 is 17.9 Å². The zero-order valence-electron chi connectivity index (χ0n) is 48.8. The molecule has 0 aromatic rings. The highest BCUT2D eigenvalue weighted by Crippen LogP contribution is 2.16. The van der Waals surface area contributed by atoms with Crippen LogP contribution in [0.4, 0.5) is 0 Å². The maximum atomic E-state index is 12.8. The van der Waals surface area contributed by atoms with E-state index >= 15 is 0 Å². The van der Waals surface area contributed by atoms with Crippen molar-refractivity contribution in [3.05, 3.63) is 85.1 Å². The van der Waals surface area contributed by atoms with E-state index in [4.69, 9.17) is 14.2 Å². The van der Waals surface area contributed by atoms with E-state index in [9.17, 15) is 14.4 Å². The van der Waals surface area contributed by atoms with E-state index in [0.717, 1.165) is 103 Å². The minimum absolute atomic E-state index is 0.0758. The van der Waals surface area contributed by atoms with Crippen LogP contribution in [0.25, 0.3) is 0 Å². The first kappa shape index (κ1) is 70.6. The number of ether oxygens (including phenoxy) is 3. The fourth-order valence-corrected chi connectivity index (χ4v) is 8.91. The Morgan fingerprint density at radius 2 is 0.527 bits per heavy atom. The van der Waals surface area contributed by atoms with Crippen molar-refractivity contribution in [3.8, 4) is 0 Å². The Morgan fingerprint density at radius 3 is 0.838 bits per heavy atom. The molecule has 74 heavy (non-hydrogen) atoms. The van der Waals surface area contributed by atoms with Gasteiger partial charge < -0.3 is 14.2 Å². The summed E-state index contributed by atoms with van der Waals surface area (Å²) in [6.45, 7) is 6.51. The molecule has 6 heteroatoms. The molecule has 0 saturated heterocycles. The minimum Gasteiger partial charge on any atom is -0.462 e. The largest absolute Gasteiger partial charge is 0.462 e. The van der Waals surface area contributed by atoms with Gasteiger partial charge in [0.1, 0.15) is 13.2 Å². The van der Waals surface area contributed by atoms with Crippen LogP contribution in [-0.2, 0) is 28.6 Å². The predicted molar refractivity (Wildman–Crippen MR) is 321 cm³/mol. The summed E-state index contributed by atoms with van der Waals surface area (Å²) in [5.41, 5.74) is 0. The molecule has 0 aromatic heterocycles. The molecular formula is C68H118O6. The second-order valence-electron chi connectivity index (χ2n) is 20.9. The average Bonchev–Trinajstić information content (AvgIpc) is 3.40. The van der Waals surface area contributed by atoms with Gasteiger partial charge in [0, 0.05) is 19.3 Å². The molecule has 0 aliphatic carbocycles. The Bertz CT molecular complexity index is 1420. The van der Waals surface area contributed by atoms with E-state index in [2.05, 4.69) is 106 Å². The highest BCUT2D eigenvalue weighted by molar-refractivity contribution is 5.71. The van der Waals surface area contributed by atoms with Gasteiger partial charge in [-0.15, -0.1) is 0 Å². The molecule has 0 amide bonds. The topological polar surface area (TPSA) is 78.9 Å². The SMILES string of the molecule is CC/C=C\C/C=C\C/C=C\C/C=C\C/C=C\C/C=C\CCCCCCCCCCCCCCCCC(=O)OCC(COC(=O)CCCCCCCCCC)OC(=O)CCCCCCC/C=C\CCCCCCCC. The molecule has 0 radical (unpaired) electrons. The van der Waals surface area contributed by atoms with E-state index in [1.165, 1.54) is 167 Å². The molecule has 1 atom stereocenters. The normalized spacial score (nSPS) is 12.6. The molecule has 0 aromatic carbocycles. The van der Waals surface area contributed by atoms with Crippen molar-refractivity contribution in [2.24, 2.45) is 0 Å². The number of hydrogen-bond acceptors (Lipinski definition) is 6. The molecule has 426 valence electrons. The number of unbranched alkanes of at least 4 members (excludes halogenated alkanes) is 32. The lowest BCUT2D eigenvalue weighted by Crippen LogP contribution is -2.30. The molecule has 0 N–H and O–H groups in total. The molecule has 1 unspecified atom stereocenters. The van der Waals surface area contributed by atoms with Gasteiger partial charge in [0.25, 0.3) is 0 Å². The molecule has 0 aliphatic rings. The van der Waals surface area contributed by atoms with Crippen molar-refractivity contribution < 1.29 is 28.6 Å². The standard InChI is InChI=1S/C68H118O6/c1-4-7-10-13-16-19-21-23-25-26-27-28-29-30-31-32-33-34-35-36-37-38-39-40-41-42-44-45-47-49-52-55-58-61-67(70)73-64-65(63-72-66(69)60-57-54-51-18-15-12-9-6-3)74-68(71)62-59-56-53-50-48-46-43-24-22-20-17-14-11-8-5-2/h7,10,16,19,23-25,27-28,30-31,33-34,43,65H,4-6,8-9,11-15,17-18,20-22,26,29,32,35-42,44-64H2,1-3H3/b10-7-,19-16-,25-23-,28-27-,31-30-,34-33-,43-24-. The van der Waals surface area contributed by atoms with Crippen LogP contribution in [0, 0.1) is 0 Å². The minimum atomic E-state index is -0.776. The average molecular weight is 1030 g/mol. The summed E-state index contributed by atoms with van der Waals surface area (Å²) in [7, 11) is 0. The van der Waals surface area contributed by atoms with E-state index in [1.54, 1.807) is 0 Å². The number of hydrogen-bond donors (Lipinski definition) is 0. The molecule has 0 saturated carbocycles. The van der Waals surface area contributed by atoms with E-state index in [-0.39, 0.29) is 31.1 Å². The van der Waals surface area contributed by atoms with Crippen LogP contribution in [0.5, 0.6) is 0 Å². The first-order valence-corrected chi connectivity index (χ1v) is 31.6. The Labute approximate surface area is 458 Å². The Balaban J connectivity index is 4.07. The van der Waals surface area contributed by atoms with Crippen LogP contribution in [-0.4, -0.2) is 37.2 Å². The number of carbonyl (C=O) groups excluding carboxylic acids is 3. The smallest absolute Gasteiger partial charge is 0.306 e. The van der Waals surface area contributed by atoms with E-state index < -0.39 is 6.10 Å². The lowest BCUT2D eigenvalue weighted by molar-refractivity contribution is -0.167. The summed E-state index contributed by atoms with van der Waals surface area (Å²) >= 11 is 0. The van der Waals surface area contributed by atoms with Crippen LogP contribution in [0.15, 0.2) is 85.1 Å². The first-order chi connectivity index (χ1) is 36.5. The monoisotopic (exact) mass is 1030 g/mol. The van der Waals surface area contributed by atoms with Gasteiger partial charge in [0.05, 0.1) is 0 Å². The Hall–Kier alpha value is -3.41. The lowest BCUT2D eigenvalue weighted by atomic mass is 10.0. The highest BCUT2D eigenvalue weighted by atomic mass is 16.6. The third-order valence-electron chi connectivity index (χ3n) is 13.6. The molecule has 6 nitrogen and oxygen atoms in total. The molecule has 0 fully saturated rings. The summed E-state index contributed by atoms with van der Waals surface area (Å²) in [6.07, 6.45) is 81.8. The van der Waals surface area contributed by atoms with Crippen molar-refractivity contribution in [2.75, 3.05) is 13.2 Å². The third-order valence-corrected chi connectivity index (χ3v) is 13.6. The predicted octanol–water partition coefficient (Wildman–Crippen LogP) is 21.5. The summed E-state index contributed by atoms with van der Waals surface area (Å²) in [6, 6.07) is 0. The van der Waals surface area contributed by atoms with Gasteiger partial charge in [-0.05, 0) is 96.3 Å². The molecule has 0 rings (SSSR count). The van der Waals surface area contributed by atoms with Gasteiger partial charge in [-0.2, -0.15) is 0 Å². The fourth-order valence-electron chi connectivity index (χ4n) is 8.91. The summed E-state index contributed by atoms with van der Waals surface area (Å²) in [4.78, 5) is 38.0. The van der Waals surface area contributed by atoms with Crippen molar-refractivity contribution in [1.29, 1.82) is 0 Å². The van der Waals surface area contributed by atoms with Gasteiger partial charge in [-0.25, -0.2) is 0 Å². The zero-order chi connectivity index (χ0) is 53.6. The van der Waals surface area contributed by atoms with Crippen molar-refractivity contribution in [1.82, 2.24) is 0 Å². The van der Waals surface area contributed by atoms with Gasteiger partial charge in [-0.1, -0.05) is 279 Å². The molecular weight excluding hydrogens is 913 g/mol. The number of carbonyl (C=O) groups is 3. The van der Waals surface area contributed by atoms with Crippen LogP contribution >= 0.6 is 0 Å². The van der Waals surface area contributed by atoms with Crippen LogP contribution in [0.3, 0.4) is 0 Å². The number of allylic oxidation sites excluding steroid dienone is 14. The quantitative estimate of drug-likeness (QED) is 0.0261. The summed E-state index contributed by atoms with van der Waals surface area (Å²) in [5, 5.41) is 0. The molecule has 0 bridgehead atoms. The third kappa shape index (κ3) is 59.5. The van der Waals surface area contributed by atoms with Gasteiger partial charge in [-0.3, -0.25) is 14.4 Å². The number of rotatable bonds is 57. The van der Waals surface area contributed by atoms with Gasteiger partial charge in [0.15, 0.2) is 6.10 Å². The maximum Gasteiger partial charge on any atom is 0.306 e. The summed E-state index contributed by atoms with van der Waals surface area (Å²) in [5.74, 6) is -0.879. The second kappa shape index (κ2) is 62.1. The molecule has 0 heterocycles. The zero-order valence-corrected chi connectivity index (χ0v) is 48.8.